The third-order valence-electron chi connectivity index (χ3n) is 3.78. The first-order valence-corrected chi connectivity index (χ1v) is 6.92. The molecule has 0 amide bonds. The van der Waals surface area contributed by atoms with Crippen molar-refractivity contribution in [3.05, 3.63) is 64.4 Å². The molecule has 4 rings (SSSR count). The molecule has 1 aromatic heterocycles. The summed E-state index contributed by atoms with van der Waals surface area (Å²) in [6.45, 7) is 0.478. The molecule has 1 aliphatic rings. The standard InChI is InChI=1S/C17H13NO4/c19-16-8-12-3-1-2-4-13(12)17(20)18(16)9-11-5-6-14-15(7-11)22-10-21-14/h1-8,20H,9-10H2. The highest BCUT2D eigenvalue weighted by Gasteiger charge is 2.15. The number of pyridine rings is 1. The van der Waals surface area contributed by atoms with Gasteiger partial charge in [-0.25, -0.2) is 0 Å². The molecule has 5 nitrogen and oxygen atoms in total. The normalized spacial score (nSPS) is 12.7. The summed E-state index contributed by atoms with van der Waals surface area (Å²) in [5, 5.41) is 11.8. The number of ether oxygens (including phenoxy) is 2. The second-order valence-electron chi connectivity index (χ2n) is 5.17. The van der Waals surface area contributed by atoms with E-state index in [9.17, 15) is 9.90 Å². The average Bonchev–Trinajstić information content (AvgIpc) is 2.99. The molecule has 2 aromatic carbocycles. The average molecular weight is 295 g/mol. The van der Waals surface area contributed by atoms with Gasteiger partial charge in [-0.2, -0.15) is 0 Å². The first kappa shape index (κ1) is 12.8. The lowest BCUT2D eigenvalue weighted by molar-refractivity contribution is 0.174. The molecule has 5 heteroatoms. The van der Waals surface area contributed by atoms with Crippen LogP contribution >= 0.6 is 0 Å². The zero-order valence-electron chi connectivity index (χ0n) is 11.7. The predicted molar refractivity (Wildman–Crippen MR) is 81.5 cm³/mol. The molecule has 1 aliphatic heterocycles. The smallest absolute Gasteiger partial charge is 0.254 e. The van der Waals surface area contributed by atoms with Gasteiger partial charge in [-0.15, -0.1) is 0 Å². The third kappa shape index (κ3) is 1.98. The molecule has 0 fully saturated rings. The lowest BCUT2D eigenvalue weighted by Crippen LogP contribution is -2.19. The van der Waals surface area contributed by atoms with Crippen LogP contribution in [0.15, 0.2) is 53.3 Å². The van der Waals surface area contributed by atoms with Crippen LogP contribution in [0.1, 0.15) is 5.56 Å². The van der Waals surface area contributed by atoms with E-state index in [4.69, 9.17) is 9.47 Å². The summed E-state index contributed by atoms with van der Waals surface area (Å²) in [6.07, 6.45) is 0. The second kappa shape index (κ2) is 4.80. The van der Waals surface area contributed by atoms with Crippen LogP contribution < -0.4 is 15.0 Å². The van der Waals surface area contributed by atoms with Gasteiger partial charge in [-0.1, -0.05) is 24.3 Å². The first-order chi connectivity index (χ1) is 10.7. The van der Waals surface area contributed by atoms with Crippen LogP contribution in [0.5, 0.6) is 17.4 Å². The first-order valence-electron chi connectivity index (χ1n) is 6.92. The van der Waals surface area contributed by atoms with Crippen LogP contribution in [0.4, 0.5) is 0 Å². The van der Waals surface area contributed by atoms with Crippen molar-refractivity contribution in [3.63, 3.8) is 0 Å². The Morgan fingerprint density at radius 2 is 1.86 bits per heavy atom. The number of aromatic nitrogens is 1. The van der Waals surface area contributed by atoms with Gasteiger partial charge in [-0.3, -0.25) is 9.36 Å². The number of hydrogen-bond acceptors (Lipinski definition) is 4. The Hall–Kier alpha value is -2.95. The molecule has 0 aliphatic carbocycles. The molecular formula is C17H13NO4. The Morgan fingerprint density at radius 3 is 2.77 bits per heavy atom. The fraction of sp³-hybridized carbons (Fsp3) is 0.118. The maximum absolute atomic E-state index is 12.2. The number of fused-ring (bicyclic) bond motifs is 2. The highest BCUT2D eigenvalue weighted by Crippen LogP contribution is 2.33. The number of benzene rings is 2. The van der Waals surface area contributed by atoms with E-state index in [1.165, 1.54) is 10.6 Å². The Balaban J connectivity index is 1.80. The van der Waals surface area contributed by atoms with Crippen LogP contribution in [0.2, 0.25) is 0 Å². The lowest BCUT2D eigenvalue weighted by Gasteiger charge is -2.11. The Kier molecular flexibility index (Phi) is 2.79. The minimum Gasteiger partial charge on any atom is -0.494 e. The van der Waals surface area contributed by atoms with E-state index < -0.39 is 0 Å². The summed E-state index contributed by atoms with van der Waals surface area (Å²) in [6, 6.07) is 14.3. The Morgan fingerprint density at radius 1 is 1.05 bits per heavy atom. The van der Waals surface area contributed by atoms with Gasteiger partial charge in [0, 0.05) is 11.5 Å². The van der Waals surface area contributed by atoms with E-state index in [-0.39, 0.29) is 24.8 Å². The molecule has 1 N–H and O–H groups in total. The van der Waals surface area contributed by atoms with Crippen LogP contribution in [0.3, 0.4) is 0 Å². The molecule has 0 radical (unpaired) electrons. The van der Waals surface area contributed by atoms with Gasteiger partial charge in [-0.05, 0) is 29.1 Å². The zero-order chi connectivity index (χ0) is 15.1. The van der Waals surface area contributed by atoms with Crippen LogP contribution in [-0.2, 0) is 6.54 Å². The van der Waals surface area contributed by atoms with Crippen molar-refractivity contribution in [3.8, 4) is 17.4 Å². The summed E-state index contributed by atoms with van der Waals surface area (Å²) in [5.74, 6) is 1.32. The molecule has 3 aromatic rings. The summed E-state index contributed by atoms with van der Waals surface area (Å²) in [5.41, 5.74) is 0.616. The minimum absolute atomic E-state index is 0.0271. The molecule has 110 valence electrons. The number of hydrogen-bond donors (Lipinski definition) is 1. The van der Waals surface area contributed by atoms with E-state index in [1.807, 2.05) is 24.3 Å². The quantitative estimate of drug-likeness (QED) is 0.789. The molecule has 2 heterocycles. The Bertz CT molecular complexity index is 930. The van der Waals surface area contributed by atoms with Gasteiger partial charge in [0.05, 0.1) is 6.54 Å². The molecule has 0 saturated carbocycles. The van der Waals surface area contributed by atoms with E-state index in [0.717, 1.165) is 10.9 Å². The topological polar surface area (TPSA) is 60.7 Å². The predicted octanol–water partition coefficient (Wildman–Crippen LogP) is 2.48. The number of rotatable bonds is 2. The van der Waals surface area contributed by atoms with Gasteiger partial charge in [0.2, 0.25) is 12.7 Å². The molecule has 0 saturated heterocycles. The van der Waals surface area contributed by atoms with E-state index in [1.54, 1.807) is 18.2 Å². The van der Waals surface area contributed by atoms with Gasteiger partial charge < -0.3 is 14.6 Å². The van der Waals surface area contributed by atoms with Crippen molar-refractivity contribution in [2.24, 2.45) is 0 Å². The summed E-state index contributed by atoms with van der Waals surface area (Å²) in [4.78, 5) is 12.2. The van der Waals surface area contributed by atoms with Gasteiger partial charge in [0.15, 0.2) is 11.5 Å². The van der Waals surface area contributed by atoms with Gasteiger partial charge >= 0.3 is 0 Å². The van der Waals surface area contributed by atoms with Crippen molar-refractivity contribution in [1.82, 2.24) is 4.57 Å². The summed E-state index contributed by atoms with van der Waals surface area (Å²) < 4.78 is 12.0. The van der Waals surface area contributed by atoms with E-state index >= 15 is 0 Å². The highest BCUT2D eigenvalue weighted by atomic mass is 16.7. The van der Waals surface area contributed by atoms with E-state index in [2.05, 4.69) is 0 Å². The SMILES string of the molecule is O=c1cc2ccccc2c(O)n1Cc1ccc2c(c1)OCO2. The molecule has 0 bridgehead atoms. The monoisotopic (exact) mass is 295 g/mol. The van der Waals surface area contributed by atoms with Crippen molar-refractivity contribution in [1.29, 1.82) is 0 Å². The maximum atomic E-state index is 12.2. The maximum Gasteiger partial charge on any atom is 0.254 e. The Labute approximate surface area is 126 Å². The summed E-state index contributed by atoms with van der Waals surface area (Å²) >= 11 is 0. The van der Waals surface area contributed by atoms with Crippen LogP contribution in [0.25, 0.3) is 10.8 Å². The zero-order valence-corrected chi connectivity index (χ0v) is 11.7. The molecule has 0 spiro atoms. The second-order valence-corrected chi connectivity index (χ2v) is 5.17. The number of aromatic hydroxyl groups is 1. The van der Waals surface area contributed by atoms with Gasteiger partial charge in [0.25, 0.3) is 5.56 Å². The van der Waals surface area contributed by atoms with Crippen molar-refractivity contribution >= 4 is 10.8 Å². The fourth-order valence-corrected chi connectivity index (χ4v) is 2.66. The van der Waals surface area contributed by atoms with Crippen LogP contribution in [0, 0.1) is 0 Å². The van der Waals surface area contributed by atoms with Gasteiger partial charge in [0.1, 0.15) is 0 Å². The van der Waals surface area contributed by atoms with Crippen LogP contribution in [-0.4, -0.2) is 16.5 Å². The molecular weight excluding hydrogens is 282 g/mol. The van der Waals surface area contributed by atoms with Crippen molar-refractivity contribution < 1.29 is 14.6 Å². The fourth-order valence-electron chi connectivity index (χ4n) is 2.66. The molecule has 22 heavy (non-hydrogen) atoms. The number of nitrogens with zero attached hydrogens (tertiary/aromatic N) is 1. The molecule has 0 atom stereocenters. The summed E-state index contributed by atoms with van der Waals surface area (Å²) in [7, 11) is 0. The van der Waals surface area contributed by atoms with Crippen molar-refractivity contribution in [2.75, 3.05) is 6.79 Å². The van der Waals surface area contributed by atoms with E-state index in [0.29, 0.717) is 16.9 Å². The molecule has 0 unspecified atom stereocenters. The lowest BCUT2D eigenvalue weighted by atomic mass is 10.1. The van der Waals surface area contributed by atoms with Crippen molar-refractivity contribution in [2.45, 2.75) is 6.54 Å². The largest absolute Gasteiger partial charge is 0.494 e. The minimum atomic E-state index is -0.242. The highest BCUT2D eigenvalue weighted by molar-refractivity contribution is 5.86. The third-order valence-corrected chi connectivity index (χ3v) is 3.78.